The first-order chi connectivity index (χ1) is 10.8. The van der Waals surface area contributed by atoms with Gasteiger partial charge >= 0.3 is 138 Å². The third-order valence-electron chi connectivity index (χ3n) is 4.01. The monoisotopic (exact) mass is 408 g/mol. The molecule has 2 aromatic rings. The van der Waals surface area contributed by atoms with Crippen LogP contribution in [0.4, 0.5) is 11.4 Å². The van der Waals surface area contributed by atoms with Crippen LogP contribution in [0.15, 0.2) is 60.8 Å². The summed E-state index contributed by atoms with van der Waals surface area (Å²) in [6, 6.07) is 17.2. The second-order valence-electron chi connectivity index (χ2n) is 5.18. The van der Waals surface area contributed by atoms with Gasteiger partial charge in [-0.05, 0) is 0 Å². The van der Waals surface area contributed by atoms with Crippen LogP contribution in [0.5, 0.6) is 5.75 Å². The average Bonchev–Trinajstić information content (AvgIpc) is 3.12. The maximum absolute atomic E-state index is 5.42. The van der Waals surface area contributed by atoms with E-state index in [1.165, 1.54) is 18.7 Å². The van der Waals surface area contributed by atoms with E-state index in [4.69, 9.17) is 4.74 Å². The van der Waals surface area contributed by atoms with E-state index in [-0.39, 0.29) is 0 Å². The van der Waals surface area contributed by atoms with Crippen molar-refractivity contribution >= 4 is 38.0 Å². The number of likely N-dealkylation sites (N-methyl/N-ethyl adjacent to an activating group) is 1. The number of hydrogen-bond acceptors (Lipinski definition) is 3. The molecule has 2 heterocycles. The Morgan fingerprint density at radius 1 is 1.09 bits per heavy atom. The molecule has 4 rings (SSSR count). The predicted molar refractivity (Wildman–Crippen MR) is 94.5 cm³/mol. The second-order valence-corrected chi connectivity index (χ2v) is 10.4. The summed E-state index contributed by atoms with van der Waals surface area (Å²) in [6.07, 6.45) is 4.57. The Labute approximate surface area is 137 Å². The van der Waals surface area contributed by atoms with Crippen LogP contribution in [0.1, 0.15) is 6.92 Å². The van der Waals surface area contributed by atoms with Gasteiger partial charge in [-0.15, -0.1) is 0 Å². The van der Waals surface area contributed by atoms with Crippen molar-refractivity contribution in [2.75, 3.05) is 21.7 Å². The van der Waals surface area contributed by atoms with Gasteiger partial charge in [0.25, 0.3) is 0 Å². The van der Waals surface area contributed by atoms with Gasteiger partial charge in [-0.25, -0.2) is 0 Å². The van der Waals surface area contributed by atoms with Crippen molar-refractivity contribution in [3.05, 3.63) is 60.8 Å². The molecule has 22 heavy (non-hydrogen) atoms. The van der Waals surface area contributed by atoms with Gasteiger partial charge in [0.05, 0.1) is 0 Å². The number of ether oxygens (including phenoxy) is 1. The molecule has 0 aliphatic carbocycles. The molecule has 0 saturated heterocycles. The molecule has 4 heteroatoms. The zero-order chi connectivity index (χ0) is 15.1. The fourth-order valence-corrected chi connectivity index (χ4v) is 9.67. The van der Waals surface area contributed by atoms with Crippen molar-refractivity contribution in [1.29, 1.82) is 0 Å². The summed E-state index contributed by atoms with van der Waals surface area (Å²) in [6.45, 7) is 3.22. The van der Waals surface area contributed by atoms with Gasteiger partial charge in [-0.1, -0.05) is 0 Å². The van der Waals surface area contributed by atoms with Crippen LogP contribution in [0.25, 0.3) is 0 Å². The summed E-state index contributed by atoms with van der Waals surface area (Å²) >= 11 is -1.75. The van der Waals surface area contributed by atoms with Crippen LogP contribution in [0.2, 0.25) is 0 Å². The summed E-state index contributed by atoms with van der Waals surface area (Å²) in [5.74, 6) is 0.937. The molecule has 0 atom stereocenters. The fourth-order valence-electron chi connectivity index (χ4n) is 2.98. The first-order valence-corrected chi connectivity index (χ1v) is 10.8. The Bertz CT molecular complexity index is 783. The van der Waals surface area contributed by atoms with E-state index >= 15 is 0 Å². The molecule has 112 valence electrons. The molecule has 0 amide bonds. The number of rotatable bonds is 3. The van der Waals surface area contributed by atoms with Crippen molar-refractivity contribution in [3.63, 3.8) is 0 Å². The van der Waals surface area contributed by atoms with E-state index < -0.39 is 19.3 Å². The topological polar surface area (TPSA) is 15.7 Å². The van der Waals surface area contributed by atoms with Crippen LogP contribution in [0.3, 0.4) is 0 Å². The van der Waals surface area contributed by atoms with Crippen LogP contribution >= 0.6 is 0 Å². The molecule has 3 nitrogen and oxygen atoms in total. The van der Waals surface area contributed by atoms with Crippen LogP contribution in [-0.2, 0) is 0 Å². The van der Waals surface area contributed by atoms with Crippen molar-refractivity contribution in [2.45, 2.75) is 6.92 Å². The number of para-hydroxylation sites is 1. The summed E-state index contributed by atoms with van der Waals surface area (Å²) in [4.78, 5) is 2.45. The molecule has 0 radical (unpaired) electrons. The van der Waals surface area contributed by atoms with Crippen LogP contribution in [0, 0.1) is 0 Å². The predicted octanol–water partition coefficient (Wildman–Crippen LogP) is 2.48. The number of benzene rings is 2. The number of hydrogen-bond donors (Lipinski definition) is 0. The quantitative estimate of drug-likeness (QED) is 0.730. The second kappa shape index (κ2) is 5.46. The molecule has 0 fully saturated rings. The van der Waals surface area contributed by atoms with E-state index in [1.54, 1.807) is 7.11 Å². The van der Waals surface area contributed by atoms with E-state index in [0.29, 0.717) is 0 Å². The van der Waals surface area contributed by atoms with E-state index in [0.717, 1.165) is 12.3 Å². The zero-order valence-corrected chi connectivity index (χ0v) is 15.0. The maximum atomic E-state index is 5.42. The first kappa shape index (κ1) is 13.9. The van der Waals surface area contributed by atoms with Gasteiger partial charge in [-0.3, -0.25) is 0 Å². The summed E-state index contributed by atoms with van der Waals surface area (Å²) in [7, 11) is 1.73. The molecule has 0 spiro atoms. The Balaban J connectivity index is 1.85. The van der Waals surface area contributed by atoms with E-state index in [2.05, 4.69) is 75.8 Å². The molecular formula is C18H18N2OTe. The summed E-state index contributed by atoms with van der Waals surface area (Å²) < 4.78 is 11.0. The molecule has 0 unspecified atom stereocenters. The minimum absolute atomic E-state index is 0.937. The molecule has 0 aromatic heterocycles. The van der Waals surface area contributed by atoms with Crippen molar-refractivity contribution < 1.29 is 4.74 Å². The van der Waals surface area contributed by atoms with E-state index in [9.17, 15) is 0 Å². The SMILES string of the molecule is CCN1C2=[Te](c3ccc(OC)cc31)N(c1ccccc1)C=C2. The normalized spacial score (nSPS) is 16.2. The Kier molecular flexibility index (Phi) is 3.44. The number of fused-ring (bicyclic) bond motifs is 2. The Hall–Kier alpha value is -1.76. The van der Waals surface area contributed by atoms with Gasteiger partial charge in [0.15, 0.2) is 0 Å². The van der Waals surface area contributed by atoms with Gasteiger partial charge < -0.3 is 0 Å². The van der Waals surface area contributed by atoms with Crippen LogP contribution < -0.4 is 16.4 Å². The molecule has 0 saturated carbocycles. The number of methoxy groups -OCH3 is 1. The Morgan fingerprint density at radius 2 is 1.91 bits per heavy atom. The molecule has 2 aromatic carbocycles. The average molecular weight is 406 g/mol. The van der Waals surface area contributed by atoms with Gasteiger partial charge in [0.1, 0.15) is 0 Å². The van der Waals surface area contributed by atoms with Gasteiger partial charge in [-0.2, -0.15) is 0 Å². The fraction of sp³-hybridized carbons (Fsp3) is 0.167. The van der Waals surface area contributed by atoms with E-state index in [1.807, 2.05) is 0 Å². The summed E-state index contributed by atoms with van der Waals surface area (Å²) in [5.41, 5.74) is 2.63. The van der Waals surface area contributed by atoms with Gasteiger partial charge in [0, 0.05) is 0 Å². The number of nitrogens with zero attached hydrogens (tertiary/aromatic N) is 2. The summed E-state index contributed by atoms with van der Waals surface area (Å²) in [5, 5.41) is 0. The van der Waals surface area contributed by atoms with Gasteiger partial charge in [0.2, 0.25) is 0 Å². The van der Waals surface area contributed by atoms with Crippen molar-refractivity contribution in [1.82, 2.24) is 0 Å². The first-order valence-electron chi connectivity index (χ1n) is 7.43. The molecule has 0 bridgehead atoms. The third kappa shape index (κ3) is 1.99. The van der Waals surface area contributed by atoms with Crippen molar-refractivity contribution in [2.24, 2.45) is 0 Å². The van der Waals surface area contributed by atoms with Crippen LogP contribution in [-0.4, -0.2) is 36.7 Å². The molecule has 2 aliphatic heterocycles. The number of anilines is 2. The molecular weight excluding hydrogens is 388 g/mol. The van der Waals surface area contributed by atoms with Crippen molar-refractivity contribution in [3.8, 4) is 5.75 Å². The molecule has 2 aliphatic rings. The standard InChI is InChI=1S/C18H18N2OTe/c1-3-19-16-13-15(21-2)9-10-17(16)22-18(19)11-12-20(22)14-7-5-4-6-8-14/h4-13H,3H2,1-2H3. The minimum atomic E-state index is -1.75. The third-order valence-corrected chi connectivity index (χ3v) is 10.4. The zero-order valence-electron chi connectivity index (χ0n) is 12.7. The molecule has 0 N–H and O–H groups in total. The Morgan fingerprint density at radius 3 is 2.64 bits per heavy atom.